The van der Waals surface area contributed by atoms with Crippen molar-refractivity contribution in [3.8, 4) is 5.75 Å². The number of halogens is 1. The molecule has 0 radical (unpaired) electrons. The van der Waals surface area contributed by atoms with Crippen LogP contribution in [0.25, 0.3) is 0 Å². The summed E-state index contributed by atoms with van der Waals surface area (Å²) < 4.78 is 60.3. The van der Waals surface area contributed by atoms with Gasteiger partial charge in [-0.2, -0.15) is 13.5 Å². The molecule has 0 bridgehead atoms. The number of aromatic nitrogens is 2. The van der Waals surface area contributed by atoms with Gasteiger partial charge in [-0.15, -0.1) is 5.11 Å². The summed E-state index contributed by atoms with van der Waals surface area (Å²) in [5.41, 5.74) is -0.623. The highest BCUT2D eigenvalue weighted by molar-refractivity contribution is 7.86. The van der Waals surface area contributed by atoms with E-state index in [0.717, 1.165) is 17.3 Å². The van der Waals surface area contributed by atoms with E-state index in [1.54, 1.807) is 54.7 Å². The summed E-state index contributed by atoms with van der Waals surface area (Å²) in [6.07, 6.45) is 4.11. The minimum absolute atomic E-state index is 0.0584. The highest BCUT2D eigenvalue weighted by Gasteiger charge is 2.53. The Bertz CT molecular complexity index is 1980. The lowest BCUT2D eigenvalue weighted by molar-refractivity contribution is -0.119. The molecule has 0 saturated carbocycles. The molecular formula is C33H32FN5O7S. The van der Waals surface area contributed by atoms with Crippen LogP contribution in [0.1, 0.15) is 28.3 Å². The second-order valence-corrected chi connectivity index (χ2v) is 12.2. The first-order valence-corrected chi connectivity index (χ1v) is 15.8. The second kappa shape index (κ2) is 14.2. The van der Waals surface area contributed by atoms with Gasteiger partial charge in [0.1, 0.15) is 0 Å². The van der Waals surface area contributed by atoms with Crippen LogP contribution in [-0.2, 0) is 36.9 Å². The van der Waals surface area contributed by atoms with Gasteiger partial charge in [0.05, 0.1) is 55.1 Å². The average Bonchev–Trinajstić information content (AvgIpc) is 3.48. The van der Waals surface area contributed by atoms with Gasteiger partial charge in [-0.1, -0.05) is 48.0 Å². The van der Waals surface area contributed by atoms with Gasteiger partial charge < -0.3 is 19.4 Å². The number of carbonyl (C=O) groups is 1. The normalized spacial score (nSPS) is 16.5. The number of azo groups is 1. The number of nitrogens with one attached hydrogen (secondary N) is 1. The first-order chi connectivity index (χ1) is 22.6. The van der Waals surface area contributed by atoms with Crippen molar-refractivity contribution in [1.29, 1.82) is 0 Å². The SMILES string of the molecule is COCC(c1ccc(Cn2ccccc2=O)cc1)C1(OS(=O)(=O)c2ccc(C)cc2)N=NC=C1C(=O)NCc1nccc(OC)c1F. The molecule has 0 saturated heterocycles. The zero-order valence-corrected chi connectivity index (χ0v) is 26.6. The van der Waals surface area contributed by atoms with E-state index in [1.807, 2.05) is 6.92 Å². The number of ether oxygens (including phenoxy) is 2. The molecule has 0 spiro atoms. The van der Waals surface area contributed by atoms with Crippen LogP contribution in [0.15, 0.2) is 117 Å². The number of hydrogen-bond donors (Lipinski definition) is 1. The number of hydrogen-bond acceptors (Lipinski definition) is 10. The number of amides is 1. The van der Waals surface area contributed by atoms with Crippen LogP contribution in [0.3, 0.4) is 0 Å². The Morgan fingerprint density at radius 3 is 2.47 bits per heavy atom. The van der Waals surface area contributed by atoms with Crippen LogP contribution >= 0.6 is 0 Å². The molecule has 2 unspecified atom stereocenters. The molecule has 244 valence electrons. The monoisotopic (exact) mass is 661 g/mol. The highest BCUT2D eigenvalue weighted by Crippen LogP contribution is 2.44. The number of pyridine rings is 2. The Hall–Kier alpha value is -5.05. The van der Waals surface area contributed by atoms with Crippen molar-refractivity contribution in [2.24, 2.45) is 10.2 Å². The Balaban J connectivity index is 1.53. The first kappa shape index (κ1) is 33.3. The van der Waals surface area contributed by atoms with Crippen LogP contribution in [0.5, 0.6) is 5.75 Å². The third-order valence-electron chi connectivity index (χ3n) is 7.57. The van der Waals surface area contributed by atoms with Gasteiger partial charge in [-0.3, -0.25) is 14.6 Å². The van der Waals surface area contributed by atoms with E-state index in [9.17, 15) is 22.4 Å². The summed E-state index contributed by atoms with van der Waals surface area (Å²) in [7, 11) is -1.83. The number of methoxy groups -OCH3 is 2. The van der Waals surface area contributed by atoms with Crippen molar-refractivity contribution in [3.05, 3.63) is 136 Å². The summed E-state index contributed by atoms with van der Waals surface area (Å²) in [6.45, 7) is 1.60. The van der Waals surface area contributed by atoms with E-state index in [2.05, 4.69) is 20.5 Å². The van der Waals surface area contributed by atoms with Crippen molar-refractivity contribution in [2.45, 2.75) is 36.6 Å². The minimum atomic E-state index is -4.55. The second-order valence-electron chi connectivity index (χ2n) is 10.7. The van der Waals surface area contributed by atoms with Crippen LogP contribution in [0, 0.1) is 12.7 Å². The molecule has 1 aliphatic heterocycles. The Kier molecular flexibility index (Phi) is 10.0. The zero-order valence-electron chi connectivity index (χ0n) is 25.8. The topological polar surface area (TPSA) is 151 Å². The maximum Gasteiger partial charge on any atom is 0.299 e. The van der Waals surface area contributed by atoms with Crippen LogP contribution in [-0.4, -0.2) is 50.4 Å². The zero-order chi connectivity index (χ0) is 33.6. The largest absolute Gasteiger partial charge is 0.494 e. The molecule has 2 atom stereocenters. The summed E-state index contributed by atoms with van der Waals surface area (Å²) in [5, 5.41) is 10.8. The maximum absolute atomic E-state index is 14.8. The van der Waals surface area contributed by atoms with Gasteiger partial charge in [0, 0.05) is 31.6 Å². The van der Waals surface area contributed by atoms with Crippen LogP contribution < -0.4 is 15.6 Å². The lowest BCUT2D eigenvalue weighted by Crippen LogP contribution is -2.46. The minimum Gasteiger partial charge on any atom is -0.494 e. The fourth-order valence-electron chi connectivity index (χ4n) is 5.09. The molecule has 1 N–H and O–H groups in total. The third-order valence-corrected chi connectivity index (χ3v) is 8.90. The molecule has 12 nitrogen and oxygen atoms in total. The fourth-order valence-corrected chi connectivity index (χ4v) is 6.23. The van der Waals surface area contributed by atoms with Gasteiger partial charge in [-0.05, 0) is 36.2 Å². The van der Waals surface area contributed by atoms with Gasteiger partial charge in [-0.25, -0.2) is 8.57 Å². The van der Waals surface area contributed by atoms with E-state index in [1.165, 1.54) is 49.2 Å². The van der Waals surface area contributed by atoms with Crippen molar-refractivity contribution >= 4 is 16.0 Å². The summed E-state index contributed by atoms with van der Waals surface area (Å²) in [4.78, 5) is 29.8. The van der Waals surface area contributed by atoms with Crippen molar-refractivity contribution in [1.82, 2.24) is 14.9 Å². The molecule has 2 aromatic heterocycles. The first-order valence-electron chi connectivity index (χ1n) is 14.4. The molecule has 4 aromatic rings. The van der Waals surface area contributed by atoms with Crippen LogP contribution in [0.4, 0.5) is 4.39 Å². The van der Waals surface area contributed by atoms with Gasteiger partial charge in [0.15, 0.2) is 11.6 Å². The molecule has 3 heterocycles. The summed E-state index contributed by atoms with van der Waals surface area (Å²) >= 11 is 0. The molecule has 0 aliphatic carbocycles. The molecule has 2 aromatic carbocycles. The van der Waals surface area contributed by atoms with E-state index >= 15 is 0 Å². The molecule has 5 rings (SSSR count). The standard InChI is InChI=1S/C33H32FN5O7S/c1-22-7-13-25(14-8-22)47(42,43)46-33(26(18-37-38-33)32(41)36-19-28-31(34)29(45-3)15-16-35-28)27(21-44-2)24-11-9-23(10-12-24)20-39-17-5-4-6-30(39)40/h4-18,27H,19-21H2,1-3H3,(H,36,41). The molecular weight excluding hydrogens is 629 g/mol. The van der Waals surface area contributed by atoms with Crippen molar-refractivity contribution < 1.29 is 31.3 Å². The van der Waals surface area contributed by atoms with Gasteiger partial charge >= 0.3 is 0 Å². The average molecular weight is 662 g/mol. The number of aryl methyl sites for hydroxylation is 1. The van der Waals surface area contributed by atoms with Crippen molar-refractivity contribution in [2.75, 3.05) is 20.8 Å². The molecule has 1 amide bonds. The lowest BCUT2D eigenvalue weighted by Gasteiger charge is -2.34. The smallest absolute Gasteiger partial charge is 0.299 e. The van der Waals surface area contributed by atoms with E-state index < -0.39 is 33.5 Å². The maximum atomic E-state index is 14.8. The quantitative estimate of drug-likeness (QED) is 0.209. The van der Waals surface area contributed by atoms with E-state index in [-0.39, 0.29) is 40.6 Å². The number of carbonyl (C=O) groups excluding carboxylic acids is 1. The molecule has 0 fully saturated rings. The highest BCUT2D eigenvalue weighted by atomic mass is 32.2. The predicted octanol–water partition coefficient (Wildman–Crippen LogP) is 4.25. The Morgan fingerprint density at radius 1 is 1.04 bits per heavy atom. The molecule has 1 aliphatic rings. The summed E-state index contributed by atoms with van der Waals surface area (Å²) in [5.74, 6) is -2.66. The predicted molar refractivity (Wildman–Crippen MR) is 169 cm³/mol. The number of benzene rings is 2. The van der Waals surface area contributed by atoms with Crippen molar-refractivity contribution in [3.63, 3.8) is 0 Å². The Morgan fingerprint density at radius 2 is 1.79 bits per heavy atom. The molecule has 47 heavy (non-hydrogen) atoms. The fraction of sp³-hybridized carbons (Fsp3) is 0.242. The van der Waals surface area contributed by atoms with E-state index in [4.69, 9.17) is 13.7 Å². The van der Waals surface area contributed by atoms with E-state index in [0.29, 0.717) is 12.1 Å². The number of rotatable bonds is 13. The van der Waals surface area contributed by atoms with Gasteiger partial charge in [0.25, 0.3) is 21.6 Å². The van der Waals surface area contributed by atoms with Crippen LogP contribution in [0.2, 0.25) is 0 Å². The van der Waals surface area contributed by atoms with Gasteiger partial charge in [0.2, 0.25) is 5.72 Å². The Labute approximate surface area is 270 Å². The summed E-state index contributed by atoms with van der Waals surface area (Å²) in [6, 6.07) is 19.2. The lowest BCUT2D eigenvalue weighted by atomic mass is 9.84. The number of nitrogens with zero attached hydrogens (tertiary/aromatic N) is 4. The molecule has 14 heteroatoms. The third kappa shape index (κ3) is 7.19.